The Kier molecular flexibility index (Phi) is 7.07. The molecule has 0 atom stereocenters. The topological polar surface area (TPSA) is 75.7 Å². The van der Waals surface area contributed by atoms with Crippen molar-refractivity contribution in [3.63, 3.8) is 0 Å². The highest BCUT2D eigenvalue weighted by Crippen LogP contribution is 2.38. The molecule has 0 saturated carbocycles. The van der Waals surface area contributed by atoms with Crippen LogP contribution in [-0.4, -0.2) is 23.9 Å². The van der Waals surface area contributed by atoms with Crippen LogP contribution in [0.2, 0.25) is 0 Å². The number of ether oxygens (including phenoxy) is 1. The zero-order valence-corrected chi connectivity index (χ0v) is 20.8. The van der Waals surface area contributed by atoms with Crippen LogP contribution in [0, 0.1) is 13.8 Å². The number of thioether (sulfide) groups is 1. The summed E-state index contributed by atoms with van der Waals surface area (Å²) < 4.78 is 5.22. The van der Waals surface area contributed by atoms with Crippen molar-refractivity contribution in [1.82, 2.24) is 0 Å². The second-order valence-electron chi connectivity index (χ2n) is 8.56. The number of rotatable bonds is 7. The smallest absolute Gasteiger partial charge is 0.338 e. The maximum Gasteiger partial charge on any atom is 0.338 e. The van der Waals surface area contributed by atoms with E-state index in [0.29, 0.717) is 21.8 Å². The highest BCUT2D eigenvalue weighted by molar-refractivity contribution is 8.04. The second-order valence-corrected chi connectivity index (χ2v) is 9.64. The maximum atomic E-state index is 13.5. The molecule has 3 aromatic rings. The fourth-order valence-corrected chi connectivity index (χ4v) is 4.41. The van der Waals surface area contributed by atoms with E-state index in [1.165, 1.54) is 11.8 Å². The Bertz CT molecular complexity index is 1220. The quantitative estimate of drug-likeness (QED) is 0.333. The van der Waals surface area contributed by atoms with Crippen LogP contribution in [0.1, 0.15) is 35.3 Å². The average molecular weight is 487 g/mol. The van der Waals surface area contributed by atoms with Gasteiger partial charge in [-0.25, -0.2) is 9.69 Å². The van der Waals surface area contributed by atoms with Gasteiger partial charge in [0.1, 0.15) is 10.6 Å². The summed E-state index contributed by atoms with van der Waals surface area (Å²) in [4.78, 5) is 41.5. The number of nitrogens with zero attached hydrogens (tertiary/aromatic N) is 1. The van der Waals surface area contributed by atoms with Gasteiger partial charge in [0.2, 0.25) is 0 Å². The van der Waals surface area contributed by atoms with Gasteiger partial charge in [0.05, 0.1) is 17.4 Å². The van der Waals surface area contributed by atoms with Crippen molar-refractivity contribution in [1.29, 1.82) is 0 Å². The number of amides is 2. The zero-order valence-electron chi connectivity index (χ0n) is 20.0. The number of hydrogen-bond donors (Lipinski definition) is 1. The van der Waals surface area contributed by atoms with Crippen LogP contribution in [0.5, 0.6) is 0 Å². The first kappa shape index (κ1) is 24.3. The molecule has 0 saturated heterocycles. The van der Waals surface area contributed by atoms with Gasteiger partial charge >= 0.3 is 5.97 Å². The Morgan fingerprint density at radius 2 is 1.40 bits per heavy atom. The molecule has 0 fully saturated rings. The number of benzene rings is 3. The summed E-state index contributed by atoms with van der Waals surface area (Å²) in [5.41, 5.74) is 3.85. The number of anilines is 2. The lowest BCUT2D eigenvalue weighted by Gasteiger charge is -2.16. The normalized spacial score (nSPS) is 13.6. The minimum atomic E-state index is -0.457. The lowest BCUT2D eigenvalue weighted by atomic mass is 10.2. The molecule has 0 aromatic heterocycles. The average Bonchev–Trinajstić information content (AvgIpc) is 3.05. The third-order valence-electron chi connectivity index (χ3n) is 5.31. The molecule has 0 unspecified atom stereocenters. The molecule has 0 radical (unpaired) electrons. The molecule has 1 aliphatic rings. The van der Waals surface area contributed by atoms with Crippen molar-refractivity contribution in [2.45, 2.75) is 38.7 Å². The molecular weight excluding hydrogens is 460 g/mol. The number of nitrogens with one attached hydrogen (secondary N) is 1. The summed E-state index contributed by atoms with van der Waals surface area (Å²) in [6.07, 6.45) is -0.245. The highest BCUT2D eigenvalue weighted by Gasteiger charge is 2.40. The number of carbonyl (C=O) groups is 3. The van der Waals surface area contributed by atoms with Gasteiger partial charge in [0, 0.05) is 10.6 Å². The molecule has 0 spiro atoms. The lowest BCUT2D eigenvalue weighted by Crippen LogP contribution is -2.32. The molecule has 0 bridgehead atoms. The molecule has 1 aliphatic heterocycles. The van der Waals surface area contributed by atoms with Crippen LogP contribution in [-0.2, 0) is 14.3 Å². The van der Waals surface area contributed by atoms with Gasteiger partial charge in [-0.1, -0.05) is 47.2 Å². The van der Waals surface area contributed by atoms with E-state index >= 15 is 0 Å². The van der Waals surface area contributed by atoms with E-state index in [4.69, 9.17) is 4.74 Å². The van der Waals surface area contributed by atoms with Gasteiger partial charge in [-0.3, -0.25) is 9.59 Å². The summed E-state index contributed by atoms with van der Waals surface area (Å²) in [5.74, 6) is -1.34. The van der Waals surface area contributed by atoms with Crippen molar-refractivity contribution in [3.8, 4) is 0 Å². The van der Waals surface area contributed by atoms with Gasteiger partial charge in [-0.2, -0.15) is 0 Å². The first-order valence-corrected chi connectivity index (χ1v) is 12.1. The van der Waals surface area contributed by atoms with Crippen LogP contribution in [0.25, 0.3) is 0 Å². The molecule has 6 nitrogen and oxygen atoms in total. The molecule has 4 rings (SSSR count). The van der Waals surface area contributed by atoms with E-state index in [2.05, 4.69) is 5.32 Å². The second kappa shape index (κ2) is 10.2. The summed E-state index contributed by atoms with van der Waals surface area (Å²) in [6, 6.07) is 21.6. The summed E-state index contributed by atoms with van der Waals surface area (Å²) >= 11 is 1.25. The summed E-state index contributed by atoms with van der Waals surface area (Å²) in [6.45, 7) is 7.52. The molecule has 35 heavy (non-hydrogen) atoms. The van der Waals surface area contributed by atoms with Crippen molar-refractivity contribution >= 4 is 40.9 Å². The molecule has 2 amide bonds. The first-order chi connectivity index (χ1) is 16.7. The fourth-order valence-electron chi connectivity index (χ4n) is 3.48. The van der Waals surface area contributed by atoms with Gasteiger partial charge in [-0.05, 0) is 76.2 Å². The van der Waals surface area contributed by atoms with Crippen LogP contribution in [0.3, 0.4) is 0 Å². The van der Waals surface area contributed by atoms with E-state index in [9.17, 15) is 14.4 Å². The lowest BCUT2D eigenvalue weighted by molar-refractivity contribution is -0.120. The Balaban J connectivity index is 1.66. The van der Waals surface area contributed by atoms with E-state index in [-0.39, 0.29) is 11.8 Å². The van der Waals surface area contributed by atoms with Crippen molar-refractivity contribution in [2.75, 3.05) is 10.2 Å². The number of carbonyl (C=O) groups excluding carboxylic acids is 3. The van der Waals surface area contributed by atoms with E-state index in [1.54, 1.807) is 38.1 Å². The molecule has 1 N–H and O–H groups in total. The van der Waals surface area contributed by atoms with Gasteiger partial charge in [-0.15, -0.1) is 0 Å². The third-order valence-corrected chi connectivity index (χ3v) is 6.40. The van der Waals surface area contributed by atoms with Crippen molar-refractivity contribution in [2.24, 2.45) is 0 Å². The third kappa shape index (κ3) is 5.46. The highest BCUT2D eigenvalue weighted by atomic mass is 32.2. The molecule has 7 heteroatoms. The summed E-state index contributed by atoms with van der Waals surface area (Å²) in [7, 11) is 0. The molecular formula is C28H26N2O4S. The van der Waals surface area contributed by atoms with Crippen molar-refractivity contribution < 1.29 is 19.1 Å². The predicted molar refractivity (Wildman–Crippen MR) is 138 cm³/mol. The number of aryl methyl sites for hydroxylation is 2. The Morgan fingerprint density at radius 1 is 0.829 bits per heavy atom. The Morgan fingerprint density at radius 3 is 1.97 bits per heavy atom. The monoisotopic (exact) mass is 486 g/mol. The van der Waals surface area contributed by atoms with Gasteiger partial charge in [0.15, 0.2) is 0 Å². The Hall–Kier alpha value is -3.84. The maximum absolute atomic E-state index is 13.5. The minimum Gasteiger partial charge on any atom is -0.459 e. The fraction of sp³-hybridized carbons (Fsp3) is 0.179. The van der Waals surface area contributed by atoms with Crippen LogP contribution in [0.15, 0.2) is 88.3 Å². The molecule has 3 aromatic carbocycles. The van der Waals surface area contributed by atoms with Gasteiger partial charge < -0.3 is 10.1 Å². The van der Waals surface area contributed by atoms with Crippen molar-refractivity contribution in [3.05, 3.63) is 100 Å². The van der Waals surface area contributed by atoms with E-state index < -0.39 is 17.8 Å². The number of imide groups is 1. The first-order valence-electron chi connectivity index (χ1n) is 11.3. The van der Waals surface area contributed by atoms with Gasteiger partial charge in [0.25, 0.3) is 11.8 Å². The molecule has 0 aliphatic carbocycles. The zero-order chi connectivity index (χ0) is 25.1. The molecule has 178 valence electrons. The van der Waals surface area contributed by atoms with E-state index in [0.717, 1.165) is 20.9 Å². The SMILES string of the molecule is Cc1ccc(NC2=C(Sc3ccc(C)cc3)C(=O)N(c3ccc(C(=O)OC(C)C)cc3)C2=O)cc1. The van der Waals surface area contributed by atoms with Crippen LogP contribution < -0.4 is 10.2 Å². The van der Waals surface area contributed by atoms with Crippen LogP contribution >= 0.6 is 11.8 Å². The molecule has 1 heterocycles. The van der Waals surface area contributed by atoms with E-state index in [1.807, 2.05) is 62.4 Å². The standard InChI is InChI=1S/C28H26N2O4S/c1-17(2)34-28(33)20-9-13-22(14-10-20)30-26(31)24(29-21-11-5-18(3)6-12-21)25(27(30)32)35-23-15-7-19(4)8-16-23/h5-17,29H,1-4H3. The number of hydrogen-bond acceptors (Lipinski definition) is 6. The summed E-state index contributed by atoms with van der Waals surface area (Å²) in [5, 5.41) is 3.15. The minimum absolute atomic E-state index is 0.215. The predicted octanol–water partition coefficient (Wildman–Crippen LogP) is 5.86. The van der Waals surface area contributed by atoms with Crippen LogP contribution in [0.4, 0.5) is 11.4 Å². The largest absolute Gasteiger partial charge is 0.459 e. The number of esters is 1. The Labute approximate surface area is 209 Å².